The number of hydrogen-bond acceptors (Lipinski definition) is 9. The molecule has 0 saturated carbocycles. The molecule has 0 unspecified atom stereocenters. The Morgan fingerprint density at radius 1 is 0.583 bits per heavy atom. The number of nitrogens with two attached hydrogens (primary N) is 1. The van der Waals surface area contributed by atoms with Crippen molar-refractivity contribution in [1.29, 1.82) is 0 Å². The molecule has 0 aliphatic rings. The Morgan fingerprint density at radius 3 is 1.35 bits per heavy atom. The molecule has 60 heavy (non-hydrogen) atoms. The zero-order valence-corrected chi connectivity index (χ0v) is 34.8. The Morgan fingerprint density at radius 2 is 0.967 bits per heavy atom. The van der Waals surface area contributed by atoms with E-state index in [2.05, 4.69) is 26.1 Å². The number of ether oxygens (including phenoxy) is 2. The molecule has 0 fully saturated rings. The Labute approximate surface area is 355 Å². The molecular weight excluding hydrogens is 788 g/mol. The van der Waals surface area contributed by atoms with E-state index in [1.807, 2.05) is 74.5 Å². The molecule has 3 amide bonds. The minimum atomic E-state index is -0.949. The highest BCUT2D eigenvalue weighted by molar-refractivity contribution is 5.96. The minimum absolute atomic E-state index is 0. The Bertz CT molecular complexity index is 2250. The van der Waals surface area contributed by atoms with Gasteiger partial charge in [0.15, 0.2) is 0 Å². The molecule has 0 atom stereocenters. The molecule has 0 spiro atoms. The average molecular weight is 839 g/mol. The molecule has 16 heteroatoms. The number of aromatic carboxylic acids is 1. The molecule has 2 heterocycles. The van der Waals surface area contributed by atoms with Crippen LogP contribution in [0.4, 0.5) is 0 Å². The zero-order valence-electron chi connectivity index (χ0n) is 34.0. The average Bonchev–Trinajstić information content (AvgIpc) is 3.86. The van der Waals surface area contributed by atoms with Gasteiger partial charge in [-0.05, 0) is 100 Å². The summed E-state index contributed by atoms with van der Waals surface area (Å²) in [6, 6.07) is 33.0. The summed E-state index contributed by atoms with van der Waals surface area (Å²) < 4.78 is 13.9. The molecule has 0 aliphatic heterocycles. The van der Waals surface area contributed by atoms with Crippen LogP contribution in [0.5, 0.6) is 11.5 Å². The van der Waals surface area contributed by atoms with E-state index in [0.717, 1.165) is 22.9 Å². The molecular formula is C44H51ClN8O7. The van der Waals surface area contributed by atoms with Gasteiger partial charge in [0, 0.05) is 49.7 Å². The number of carbonyl (C=O) groups excluding carboxylic acids is 3. The number of carboxylic acid groups (broad SMARTS) is 1. The molecule has 0 aliphatic carbocycles. The third kappa shape index (κ3) is 14.4. The van der Waals surface area contributed by atoms with E-state index in [4.69, 9.17) is 20.3 Å². The lowest BCUT2D eigenvalue weighted by molar-refractivity contribution is 0.0695. The predicted molar refractivity (Wildman–Crippen MR) is 232 cm³/mol. The van der Waals surface area contributed by atoms with Crippen molar-refractivity contribution >= 4 is 36.1 Å². The predicted octanol–water partition coefficient (Wildman–Crippen LogP) is 5.81. The molecule has 6 N–H and O–H groups in total. The van der Waals surface area contributed by atoms with Crippen LogP contribution < -0.4 is 31.2 Å². The van der Waals surface area contributed by atoms with Gasteiger partial charge in [0.1, 0.15) is 17.1 Å². The van der Waals surface area contributed by atoms with Gasteiger partial charge in [-0.3, -0.25) is 14.4 Å². The molecule has 0 saturated heterocycles. The number of nitrogens with zero attached hydrogens (tertiary/aromatic N) is 4. The van der Waals surface area contributed by atoms with E-state index in [1.54, 1.807) is 77.9 Å². The number of rotatable bonds is 15. The Balaban J connectivity index is 0.000000262. The highest BCUT2D eigenvalue weighted by Crippen LogP contribution is 2.15. The summed E-state index contributed by atoms with van der Waals surface area (Å²) in [5.74, 6) is 0.0177. The molecule has 316 valence electrons. The number of hydrogen-bond donors (Lipinski definition) is 5. The van der Waals surface area contributed by atoms with Crippen LogP contribution in [0.25, 0.3) is 11.4 Å². The Kier molecular flexibility index (Phi) is 19.5. The number of amides is 3. The smallest absolute Gasteiger partial charge is 0.339 e. The van der Waals surface area contributed by atoms with Gasteiger partial charge in [0.2, 0.25) is 0 Å². The van der Waals surface area contributed by atoms with Gasteiger partial charge in [-0.25, -0.2) is 14.2 Å². The van der Waals surface area contributed by atoms with Crippen molar-refractivity contribution in [2.24, 2.45) is 5.73 Å². The largest absolute Gasteiger partial charge is 0.494 e. The maximum Gasteiger partial charge on any atom is 0.339 e. The summed E-state index contributed by atoms with van der Waals surface area (Å²) in [5, 5.41) is 25.7. The van der Waals surface area contributed by atoms with Crippen molar-refractivity contribution in [2.75, 3.05) is 39.4 Å². The van der Waals surface area contributed by atoms with E-state index in [9.17, 15) is 19.2 Å². The van der Waals surface area contributed by atoms with Crippen LogP contribution in [0, 0.1) is 13.8 Å². The topological polar surface area (TPSA) is 205 Å². The molecule has 6 rings (SSSR count). The summed E-state index contributed by atoms with van der Waals surface area (Å²) >= 11 is 0. The number of aryl methyl sites for hydroxylation is 2. The lowest BCUT2D eigenvalue weighted by Gasteiger charge is -2.08. The summed E-state index contributed by atoms with van der Waals surface area (Å²) in [5.41, 5.74) is 10.1. The molecule has 2 aromatic heterocycles. The fraction of sp³-hybridized carbons (Fsp3) is 0.227. The quantitative estimate of drug-likeness (QED) is 0.0785. The minimum Gasteiger partial charge on any atom is -0.494 e. The zero-order chi connectivity index (χ0) is 42.6. The van der Waals surface area contributed by atoms with Crippen molar-refractivity contribution in [3.8, 4) is 22.9 Å². The van der Waals surface area contributed by atoms with Gasteiger partial charge < -0.3 is 36.3 Å². The number of nitrogens with one attached hydrogen (secondary N) is 3. The van der Waals surface area contributed by atoms with Gasteiger partial charge in [-0.1, -0.05) is 36.4 Å². The van der Waals surface area contributed by atoms with Crippen molar-refractivity contribution in [2.45, 2.75) is 27.7 Å². The monoisotopic (exact) mass is 838 g/mol. The number of carboxylic acids is 1. The van der Waals surface area contributed by atoms with Crippen LogP contribution in [0.15, 0.2) is 122 Å². The van der Waals surface area contributed by atoms with Crippen molar-refractivity contribution < 1.29 is 33.8 Å². The first kappa shape index (κ1) is 47.4. The number of benzene rings is 4. The van der Waals surface area contributed by atoms with Crippen molar-refractivity contribution in [1.82, 2.24) is 35.5 Å². The molecule has 0 radical (unpaired) electrons. The lowest BCUT2D eigenvalue weighted by Crippen LogP contribution is -2.34. The second-order valence-electron chi connectivity index (χ2n) is 12.6. The highest BCUT2D eigenvalue weighted by Gasteiger charge is 2.15. The van der Waals surface area contributed by atoms with Gasteiger partial charge in [-0.15, -0.1) is 12.4 Å². The van der Waals surface area contributed by atoms with Gasteiger partial charge in [0.25, 0.3) is 17.7 Å². The first-order valence-electron chi connectivity index (χ1n) is 19.0. The second kappa shape index (κ2) is 24.7. The molecule has 0 bridgehead atoms. The van der Waals surface area contributed by atoms with Crippen molar-refractivity contribution in [3.63, 3.8) is 0 Å². The number of para-hydroxylation sites is 2. The van der Waals surface area contributed by atoms with E-state index >= 15 is 0 Å². The highest BCUT2D eigenvalue weighted by atomic mass is 35.5. The SMILES string of the molecule is CCOc1ccc(C(=O)NCCN)cc1.CCOc1ccc(C(=O)NCCNC(=O)c2cn(-c3ccccc3)nc2C)cc1.Cc1nn(-c2ccccc2)cc1C(=O)O.Cl. The van der Waals surface area contributed by atoms with Gasteiger partial charge >= 0.3 is 5.97 Å². The number of aromatic nitrogens is 4. The standard InChI is InChI=1S/C22H24N4O3.C11H10N2O2.C11H16N2O2.ClH/c1-3-29-19-11-9-17(10-12-19)21(27)23-13-14-24-22(28)20-15-26(25-16(20)2)18-7-5-4-6-8-18;1-8-10(11(14)15)7-13(12-8)9-5-3-2-4-6-9;1-2-15-10-5-3-9(4-6-10)11(14)13-8-7-12;/h4-12,15H,3,13-14H2,1-2H3,(H,23,27)(H,24,28);2-7H,1H3,(H,14,15);3-6H,2,7-8,12H2,1H3,(H,13,14);1H. The van der Waals surface area contributed by atoms with Crippen LogP contribution in [-0.4, -0.2) is 87.8 Å². The summed E-state index contributed by atoms with van der Waals surface area (Å²) in [6.07, 6.45) is 3.23. The molecule has 15 nitrogen and oxygen atoms in total. The van der Waals surface area contributed by atoms with Crippen LogP contribution in [0.2, 0.25) is 0 Å². The first-order valence-corrected chi connectivity index (χ1v) is 19.0. The maximum absolute atomic E-state index is 12.4. The maximum atomic E-state index is 12.4. The fourth-order valence-electron chi connectivity index (χ4n) is 5.35. The van der Waals surface area contributed by atoms with Crippen molar-refractivity contribution in [3.05, 3.63) is 155 Å². The van der Waals surface area contributed by atoms with E-state index < -0.39 is 5.97 Å². The number of halogens is 1. The van der Waals surface area contributed by atoms with Crippen LogP contribution in [0.1, 0.15) is 66.7 Å². The van der Waals surface area contributed by atoms with E-state index in [0.29, 0.717) is 67.5 Å². The first-order chi connectivity index (χ1) is 28.5. The van der Waals surface area contributed by atoms with E-state index in [1.165, 1.54) is 6.20 Å². The second-order valence-corrected chi connectivity index (χ2v) is 12.6. The van der Waals surface area contributed by atoms with E-state index in [-0.39, 0.29) is 35.7 Å². The third-order valence-electron chi connectivity index (χ3n) is 8.30. The van der Waals surface area contributed by atoms with Gasteiger partial charge in [0.05, 0.1) is 41.5 Å². The van der Waals surface area contributed by atoms with Crippen LogP contribution in [0.3, 0.4) is 0 Å². The van der Waals surface area contributed by atoms with Crippen LogP contribution >= 0.6 is 12.4 Å². The van der Waals surface area contributed by atoms with Gasteiger partial charge in [-0.2, -0.15) is 10.2 Å². The Hall–Kier alpha value is -6.97. The third-order valence-corrected chi connectivity index (χ3v) is 8.30. The fourth-order valence-corrected chi connectivity index (χ4v) is 5.35. The normalized spacial score (nSPS) is 10.0. The summed E-state index contributed by atoms with van der Waals surface area (Å²) in [7, 11) is 0. The molecule has 6 aromatic rings. The lowest BCUT2D eigenvalue weighted by atomic mass is 10.2. The number of carbonyl (C=O) groups is 4. The molecule has 4 aromatic carbocycles. The van der Waals surface area contributed by atoms with Crippen LogP contribution in [-0.2, 0) is 0 Å². The summed E-state index contributed by atoms with van der Waals surface area (Å²) in [6.45, 7) is 10.1. The summed E-state index contributed by atoms with van der Waals surface area (Å²) in [4.78, 5) is 46.9.